The average molecular weight is 478 g/mol. The number of rotatable bonds is 12. The van der Waals surface area contributed by atoms with Crippen molar-refractivity contribution in [2.24, 2.45) is 0 Å². The Labute approximate surface area is 205 Å². The van der Waals surface area contributed by atoms with Crippen molar-refractivity contribution >= 4 is 0 Å². The zero-order chi connectivity index (χ0) is 24.6. The molecule has 0 bridgehead atoms. The van der Waals surface area contributed by atoms with Crippen molar-refractivity contribution in [3.63, 3.8) is 0 Å². The Morgan fingerprint density at radius 1 is 1.09 bits per heavy atom. The third kappa shape index (κ3) is 6.59. The number of aryl methyl sites for hydroxylation is 1. The van der Waals surface area contributed by atoms with Gasteiger partial charge < -0.3 is 14.3 Å². The van der Waals surface area contributed by atoms with Crippen molar-refractivity contribution in [1.29, 1.82) is 0 Å². The van der Waals surface area contributed by atoms with Crippen LogP contribution in [0, 0.1) is 12.7 Å². The fourth-order valence-corrected chi connectivity index (χ4v) is 4.07. The van der Waals surface area contributed by atoms with E-state index in [0.717, 1.165) is 42.0 Å². The fraction of sp³-hybridized carbons (Fsp3) is 0.321. The van der Waals surface area contributed by atoms with Crippen LogP contribution >= 0.6 is 0 Å². The number of furan rings is 1. The van der Waals surface area contributed by atoms with Gasteiger partial charge in [0.2, 0.25) is 5.88 Å². The maximum absolute atomic E-state index is 13.9. The maximum Gasteiger partial charge on any atom is 0.227 e. The molecule has 0 saturated heterocycles. The Bertz CT molecular complexity index is 1190. The molecule has 0 aliphatic heterocycles. The first-order valence-corrected chi connectivity index (χ1v) is 12.0. The van der Waals surface area contributed by atoms with Crippen LogP contribution in [-0.4, -0.2) is 32.4 Å². The molecule has 184 valence electrons. The van der Waals surface area contributed by atoms with E-state index < -0.39 is 6.10 Å². The SMILES string of the molecule is CCCC[C@H](O)CN(Cc1ccco1)Cc1c(C)nn(-c2ccccc2)c1Oc1cccc(F)c1. The first-order chi connectivity index (χ1) is 17.0. The Balaban J connectivity index is 1.69. The van der Waals surface area contributed by atoms with Crippen molar-refractivity contribution in [2.75, 3.05) is 6.54 Å². The van der Waals surface area contributed by atoms with E-state index in [1.165, 1.54) is 12.1 Å². The molecule has 1 atom stereocenters. The van der Waals surface area contributed by atoms with E-state index in [2.05, 4.69) is 11.8 Å². The third-order valence-electron chi connectivity index (χ3n) is 5.85. The molecule has 0 amide bonds. The van der Waals surface area contributed by atoms with Gasteiger partial charge in [-0.2, -0.15) is 5.10 Å². The maximum atomic E-state index is 13.9. The number of nitrogens with zero attached hydrogens (tertiary/aromatic N) is 3. The highest BCUT2D eigenvalue weighted by Gasteiger charge is 2.23. The lowest BCUT2D eigenvalue weighted by molar-refractivity contribution is 0.0915. The lowest BCUT2D eigenvalue weighted by atomic mass is 10.1. The molecule has 7 heteroatoms. The third-order valence-corrected chi connectivity index (χ3v) is 5.85. The monoisotopic (exact) mass is 477 g/mol. The summed E-state index contributed by atoms with van der Waals surface area (Å²) < 4.78 is 27.5. The van der Waals surface area contributed by atoms with Gasteiger partial charge in [0.15, 0.2) is 0 Å². The van der Waals surface area contributed by atoms with Crippen LogP contribution in [0.5, 0.6) is 11.6 Å². The van der Waals surface area contributed by atoms with Gasteiger partial charge in [-0.3, -0.25) is 4.90 Å². The second kappa shape index (κ2) is 11.8. The Hall–Kier alpha value is -3.42. The summed E-state index contributed by atoms with van der Waals surface area (Å²) in [6.07, 6.45) is 3.93. The van der Waals surface area contributed by atoms with Gasteiger partial charge in [0.1, 0.15) is 17.3 Å². The molecular weight excluding hydrogens is 445 g/mol. The predicted molar refractivity (Wildman–Crippen MR) is 133 cm³/mol. The predicted octanol–water partition coefficient (Wildman–Crippen LogP) is 6.26. The molecule has 35 heavy (non-hydrogen) atoms. The number of ether oxygens (including phenoxy) is 1. The van der Waals surface area contributed by atoms with Gasteiger partial charge in [-0.05, 0) is 49.7 Å². The Morgan fingerprint density at radius 2 is 1.91 bits per heavy atom. The van der Waals surface area contributed by atoms with Crippen LogP contribution in [0.15, 0.2) is 77.4 Å². The summed E-state index contributed by atoms with van der Waals surface area (Å²) in [6.45, 7) is 5.55. The molecule has 0 saturated carbocycles. The normalized spacial score (nSPS) is 12.3. The van der Waals surface area contributed by atoms with E-state index in [0.29, 0.717) is 31.3 Å². The fourth-order valence-electron chi connectivity index (χ4n) is 4.07. The number of hydrogen-bond acceptors (Lipinski definition) is 5. The van der Waals surface area contributed by atoms with Crippen LogP contribution in [0.3, 0.4) is 0 Å². The Kier molecular flexibility index (Phi) is 8.34. The highest BCUT2D eigenvalue weighted by molar-refractivity contribution is 5.43. The van der Waals surface area contributed by atoms with Crippen LogP contribution in [0.25, 0.3) is 5.69 Å². The number of hydrogen-bond donors (Lipinski definition) is 1. The summed E-state index contributed by atoms with van der Waals surface area (Å²) in [5.74, 6) is 1.36. The van der Waals surface area contributed by atoms with Crippen molar-refractivity contribution in [1.82, 2.24) is 14.7 Å². The van der Waals surface area contributed by atoms with Gasteiger partial charge in [0.25, 0.3) is 0 Å². The lowest BCUT2D eigenvalue weighted by Crippen LogP contribution is -2.32. The lowest BCUT2D eigenvalue weighted by Gasteiger charge is -2.24. The summed E-state index contributed by atoms with van der Waals surface area (Å²) in [5.41, 5.74) is 2.51. The van der Waals surface area contributed by atoms with Gasteiger partial charge in [0, 0.05) is 19.2 Å². The molecule has 0 aliphatic rings. The van der Waals surface area contributed by atoms with Crippen molar-refractivity contribution in [2.45, 2.75) is 52.3 Å². The molecule has 0 radical (unpaired) electrons. The smallest absolute Gasteiger partial charge is 0.227 e. The van der Waals surface area contributed by atoms with E-state index >= 15 is 0 Å². The number of para-hydroxylation sites is 1. The van der Waals surface area contributed by atoms with E-state index in [9.17, 15) is 9.50 Å². The molecule has 4 aromatic rings. The minimum absolute atomic E-state index is 0.370. The molecule has 2 aromatic heterocycles. The molecule has 0 unspecified atom stereocenters. The highest BCUT2D eigenvalue weighted by Crippen LogP contribution is 2.32. The molecule has 2 aromatic carbocycles. The van der Waals surface area contributed by atoms with Gasteiger partial charge in [-0.1, -0.05) is 44.0 Å². The first kappa shape index (κ1) is 24.7. The Morgan fingerprint density at radius 3 is 2.63 bits per heavy atom. The average Bonchev–Trinajstić information content (AvgIpc) is 3.47. The van der Waals surface area contributed by atoms with Crippen LogP contribution in [0.2, 0.25) is 0 Å². The van der Waals surface area contributed by atoms with E-state index in [1.807, 2.05) is 49.4 Å². The van der Waals surface area contributed by atoms with Gasteiger partial charge in [-0.15, -0.1) is 0 Å². The van der Waals surface area contributed by atoms with E-state index in [-0.39, 0.29) is 5.82 Å². The zero-order valence-corrected chi connectivity index (χ0v) is 20.2. The second-order valence-corrected chi connectivity index (χ2v) is 8.72. The first-order valence-electron chi connectivity index (χ1n) is 12.0. The van der Waals surface area contributed by atoms with Gasteiger partial charge in [-0.25, -0.2) is 9.07 Å². The van der Waals surface area contributed by atoms with Crippen molar-refractivity contribution < 1.29 is 18.7 Å². The number of aromatic nitrogens is 2. The number of halogens is 1. The minimum Gasteiger partial charge on any atom is -0.468 e. The van der Waals surface area contributed by atoms with Gasteiger partial charge in [0.05, 0.1) is 35.9 Å². The molecule has 0 spiro atoms. The van der Waals surface area contributed by atoms with Crippen LogP contribution in [-0.2, 0) is 13.1 Å². The molecule has 0 aliphatic carbocycles. The number of unbranched alkanes of at least 4 members (excludes halogenated alkanes) is 1. The molecular formula is C28H32FN3O3. The van der Waals surface area contributed by atoms with Crippen molar-refractivity contribution in [3.05, 3.63) is 95.8 Å². The molecule has 1 N–H and O–H groups in total. The summed E-state index contributed by atoms with van der Waals surface area (Å²) in [4.78, 5) is 2.14. The second-order valence-electron chi connectivity index (χ2n) is 8.72. The van der Waals surface area contributed by atoms with E-state index in [1.54, 1.807) is 23.1 Å². The van der Waals surface area contributed by atoms with Crippen LogP contribution < -0.4 is 4.74 Å². The number of aliphatic hydroxyl groups excluding tert-OH is 1. The molecule has 6 nitrogen and oxygen atoms in total. The van der Waals surface area contributed by atoms with Crippen LogP contribution in [0.4, 0.5) is 4.39 Å². The quantitative estimate of drug-likeness (QED) is 0.261. The summed E-state index contributed by atoms with van der Waals surface area (Å²) in [7, 11) is 0. The minimum atomic E-state index is -0.457. The summed E-state index contributed by atoms with van der Waals surface area (Å²) in [6, 6.07) is 19.6. The topological polar surface area (TPSA) is 63.7 Å². The molecule has 2 heterocycles. The summed E-state index contributed by atoms with van der Waals surface area (Å²) >= 11 is 0. The van der Waals surface area contributed by atoms with Gasteiger partial charge >= 0.3 is 0 Å². The number of benzene rings is 2. The van der Waals surface area contributed by atoms with E-state index in [4.69, 9.17) is 14.3 Å². The van der Waals surface area contributed by atoms with Crippen LogP contribution in [0.1, 0.15) is 43.2 Å². The molecule has 4 rings (SSSR count). The summed E-state index contributed by atoms with van der Waals surface area (Å²) in [5, 5.41) is 15.4. The van der Waals surface area contributed by atoms with Crippen molar-refractivity contribution in [3.8, 4) is 17.3 Å². The number of aliphatic hydroxyl groups is 1. The zero-order valence-electron chi connectivity index (χ0n) is 20.2. The molecule has 0 fully saturated rings. The highest BCUT2D eigenvalue weighted by atomic mass is 19.1. The largest absolute Gasteiger partial charge is 0.468 e. The standard InChI is InChI=1S/C28H32FN3O3/c1-3-4-13-24(33)18-31(19-26-15-9-16-34-26)20-27-21(2)30-32(23-11-6-5-7-12-23)28(27)35-25-14-8-10-22(29)17-25/h5-12,14-17,24,33H,3-4,13,18-20H2,1-2H3/t24-/m0/s1.